The van der Waals surface area contributed by atoms with Crippen molar-refractivity contribution in [1.82, 2.24) is 5.32 Å². The molecule has 0 aliphatic heterocycles. The molecule has 0 aromatic carbocycles. The topological polar surface area (TPSA) is 101 Å². The van der Waals surface area contributed by atoms with Gasteiger partial charge in [0.15, 0.2) is 19.2 Å². The van der Waals surface area contributed by atoms with Gasteiger partial charge in [-0.1, -0.05) is 110 Å². The molecule has 2 unspecified atom stereocenters. The Labute approximate surface area is 253 Å². The third-order valence-corrected chi connectivity index (χ3v) is 8.87. The van der Waals surface area contributed by atoms with Crippen molar-refractivity contribution in [3.8, 4) is 0 Å². The monoisotopic (exact) mass is 599 g/mol. The Morgan fingerprint density at radius 1 is 0.610 bits per heavy atom. The average molecular weight is 600 g/mol. The minimum atomic E-state index is -2.43. The zero-order valence-corrected chi connectivity index (χ0v) is 28.2. The Hall–Kier alpha value is -1.17. The molecular formula is C33H64N2O5P+. The number of carbonyl (C=O) groups excluding carboxylic acids is 4. The third kappa shape index (κ3) is 25.1. The molecule has 0 radical (unpaired) electrons. The van der Waals surface area contributed by atoms with E-state index in [2.05, 4.69) is 12.2 Å². The Morgan fingerprint density at radius 3 is 1.51 bits per heavy atom. The highest BCUT2D eigenvalue weighted by atomic mass is 31.1. The van der Waals surface area contributed by atoms with Crippen molar-refractivity contribution in [3.63, 3.8) is 0 Å². The van der Waals surface area contributed by atoms with Crippen molar-refractivity contribution in [1.29, 1.82) is 0 Å². The van der Waals surface area contributed by atoms with Crippen LogP contribution in [0.2, 0.25) is 0 Å². The minimum Gasteiger partial charge on any atom is -0.360 e. The van der Waals surface area contributed by atoms with Gasteiger partial charge >= 0.3 is 0 Å². The fourth-order valence-corrected chi connectivity index (χ4v) is 5.90. The van der Waals surface area contributed by atoms with Crippen molar-refractivity contribution in [3.05, 3.63) is 0 Å². The second kappa shape index (κ2) is 25.3. The molecule has 240 valence electrons. The first-order valence-electron chi connectivity index (χ1n) is 16.7. The van der Waals surface area contributed by atoms with Gasteiger partial charge in [0.2, 0.25) is 5.91 Å². The molecule has 1 amide bonds. The molecule has 2 N–H and O–H groups in total. The van der Waals surface area contributed by atoms with Crippen molar-refractivity contribution in [2.45, 2.75) is 161 Å². The zero-order valence-electron chi connectivity index (χ0n) is 27.3. The van der Waals surface area contributed by atoms with E-state index in [1.807, 2.05) is 28.1 Å². The number of quaternary nitrogens is 1. The third-order valence-electron chi connectivity index (χ3n) is 7.52. The van der Waals surface area contributed by atoms with Crippen LogP contribution in [0, 0.1) is 0 Å². The van der Waals surface area contributed by atoms with E-state index in [9.17, 15) is 24.1 Å². The van der Waals surface area contributed by atoms with E-state index in [0.717, 1.165) is 19.3 Å². The maximum atomic E-state index is 12.6. The number of nitrogens with zero attached hydrogens (tertiary/aromatic N) is 1. The van der Waals surface area contributed by atoms with Crippen molar-refractivity contribution >= 4 is 30.9 Å². The summed E-state index contributed by atoms with van der Waals surface area (Å²) in [5, 5.41) is 2.79. The van der Waals surface area contributed by atoms with Crippen LogP contribution in [-0.4, -0.2) is 65.8 Å². The molecule has 0 aliphatic carbocycles. The van der Waals surface area contributed by atoms with Crippen molar-refractivity contribution in [2.75, 3.05) is 27.7 Å². The van der Waals surface area contributed by atoms with Gasteiger partial charge in [0.25, 0.3) is 0 Å². The van der Waals surface area contributed by atoms with Crippen LogP contribution >= 0.6 is 8.15 Å². The summed E-state index contributed by atoms with van der Waals surface area (Å²) in [7, 11) is 3.40. The maximum absolute atomic E-state index is 12.6. The summed E-state index contributed by atoms with van der Waals surface area (Å²) in [5.41, 5.74) is -1.01. The predicted molar refractivity (Wildman–Crippen MR) is 172 cm³/mol. The van der Waals surface area contributed by atoms with Crippen molar-refractivity contribution < 1.29 is 28.6 Å². The summed E-state index contributed by atoms with van der Waals surface area (Å²) in [5.74, 6) is -0.192. The molecule has 0 heterocycles. The van der Waals surface area contributed by atoms with E-state index in [4.69, 9.17) is 0 Å². The maximum Gasteiger partial charge on any atom is 0.220 e. The van der Waals surface area contributed by atoms with E-state index in [-0.39, 0.29) is 31.0 Å². The molecule has 0 fully saturated rings. The lowest BCUT2D eigenvalue weighted by Crippen LogP contribution is -2.38. The van der Waals surface area contributed by atoms with Crippen LogP contribution in [0.5, 0.6) is 0 Å². The Kier molecular flexibility index (Phi) is 24.6. The molecular weight excluding hydrogens is 535 g/mol. The van der Waals surface area contributed by atoms with Gasteiger partial charge in [-0.25, -0.2) is 0 Å². The van der Waals surface area contributed by atoms with E-state index in [1.54, 1.807) is 0 Å². The van der Waals surface area contributed by atoms with Crippen LogP contribution < -0.4 is 5.32 Å². The van der Waals surface area contributed by atoms with Crippen LogP contribution in [0.25, 0.3) is 0 Å². The fraction of sp³-hybridized carbons (Fsp3) is 0.879. The number of carbonyl (C=O) groups is 4. The first kappa shape index (κ1) is 39.8. The standard InChI is InChI=1S/C33H63N2O5P/c1-6-8-9-10-11-12-13-14-15-16-17-18-19-20-21-22-24-30(36)27-29(34-31(37)23-7-2)28-33(39)41(40)32(38)25-26-35(3,4)5/h29,40H,6-28H2,1-5H3/p+1. The number of unbranched alkanes of at least 4 members (excludes halogenated alkanes) is 15. The number of hydrogen-bond acceptors (Lipinski definition) is 5. The van der Waals surface area contributed by atoms with E-state index in [0.29, 0.717) is 30.3 Å². The van der Waals surface area contributed by atoms with Crippen LogP contribution in [0.4, 0.5) is 0 Å². The molecule has 2 atom stereocenters. The van der Waals surface area contributed by atoms with Gasteiger partial charge in [-0.3, -0.25) is 19.2 Å². The largest absolute Gasteiger partial charge is 0.360 e. The predicted octanol–water partition coefficient (Wildman–Crippen LogP) is 7.81. The second-order valence-corrected chi connectivity index (χ2v) is 14.5. The highest BCUT2D eigenvalue weighted by Crippen LogP contribution is 2.36. The Morgan fingerprint density at radius 2 is 1.07 bits per heavy atom. The molecule has 0 saturated carbocycles. The second-order valence-electron chi connectivity index (χ2n) is 12.9. The number of ketones is 1. The molecule has 41 heavy (non-hydrogen) atoms. The Bertz CT molecular complexity index is 723. The zero-order chi connectivity index (χ0) is 30.9. The quantitative estimate of drug-likeness (QED) is 0.0519. The number of nitrogens with one attached hydrogen (secondary N) is 1. The van der Waals surface area contributed by atoms with Crippen LogP contribution in [0.15, 0.2) is 0 Å². The van der Waals surface area contributed by atoms with Gasteiger partial charge in [-0.15, -0.1) is 0 Å². The summed E-state index contributed by atoms with van der Waals surface area (Å²) in [4.78, 5) is 60.1. The number of rotatable bonds is 29. The van der Waals surface area contributed by atoms with Gasteiger partial charge < -0.3 is 14.7 Å². The lowest BCUT2D eigenvalue weighted by Gasteiger charge is -2.24. The highest BCUT2D eigenvalue weighted by Gasteiger charge is 2.29. The van der Waals surface area contributed by atoms with Crippen molar-refractivity contribution in [2.24, 2.45) is 0 Å². The van der Waals surface area contributed by atoms with E-state index < -0.39 is 25.2 Å². The molecule has 0 aromatic rings. The van der Waals surface area contributed by atoms with Gasteiger partial charge in [0, 0.05) is 31.7 Å². The lowest BCUT2D eigenvalue weighted by atomic mass is 10.0. The summed E-state index contributed by atoms with van der Waals surface area (Å²) in [6.45, 7) is 4.68. The smallest absolute Gasteiger partial charge is 0.220 e. The summed E-state index contributed by atoms with van der Waals surface area (Å²) >= 11 is 0. The number of amides is 1. The Balaban J connectivity index is 4.19. The molecule has 7 nitrogen and oxygen atoms in total. The van der Waals surface area contributed by atoms with Crippen LogP contribution in [-0.2, 0) is 19.2 Å². The molecule has 0 rings (SSSR count). The molecule has 0 saturated heterocycles. The van der Waals surface area contributed by atoms with Gasteiger partial charge in [-0.05, 0) is 12.8 Å². The van der Waals surface area contributed by atoms with E-state index >= 15 is 0 Å². The number of hydrogen-bond donors (Lipinski definition) is 2. The summed E-state index contributed by atoms with van der Waals surface area (Å²) in [6, 6.07) is -0.668. The van der Waals surface area contributed by atoms with Gasteiger partial charge in [0.1, 0.15) is 5.78 Å². The highest BCUT2D eigenvalue weighted by molar-refractivity contribution is 7.84. The van der Waals surface area contributed by atoms with E-state index in [1.165, 1.54) is 83.5 Å². The summed E-state index contributed by atoms with van der Waals surface area (Å²) < 4.78 is 0.562. The first-order chi connectivity index (χ1) is 19.5. The lowest BCUT2D eigenvalue weighted by molar-refractivity contribution is -0.869. The van der Waals surface area contributed by atoms with Gasteiger partial charge in [-0.2, -0.15) is 0 Å². The fourth-order valence-electron chi connectivity index (χ4n) is 4.92. The minimum absolute atomic E-state index is 0.0172. The van der Waals surface area contributed by atoms with Crippen LogP contribution in [0.3, 0.4) is 0 Å². The molecule has 8 heteroatoms. The molecule has 0 bridgehead atoms. The average Bonchev–Trinajstić information content (AvgIpc) is 2.90. The van der Waals surface area contributed by atoms with Crippen LogP contribution in [0.1, 0.15) is 155 Å². The molecule has 0 aromatic heterocycles. The SMILES string of the molecule is CCCCCCCCCCCCCCCCCCC(=O)CC(CC(=O)P(O)C(=O)CC[N+](C)(C)C)NC(=O)CCC. The molecule has 0 aliphatic rings. The summed E-state index contributed by atoms with van der Waals surface area (Å²) in [6.07, 6.45) is 21.9. The first-order valence-corrected chi connectivity index (χ1v) is 18.0. The molecule has 0 spiro atoms. The number of Topliss-reactive ketones (excluding diaryl/α,β-unsaturated/α-hetero) is 1. The van der Waals surface area contributed by atoms with Gasteiger partial charge in [0.05, 0.1) is 34.1 Å². The normalized spacial score (nSPS) is 13.1.